The van der Waals surface area contributed by atoms with Crippen LogP contribution in [-0.4, -0.2) is 10.1 Å². The first-order chi connectivity index (χ1) is 11.1. The predicted octanol–water partition coefficient (Wildman–Crippen LogP) is 5.67. The Kier molecular flexibility index (Phi) is 4.48. The highest BCUT2D eigenvalue weighted by molar-refractivity contribution is 7.15. The van der Waals surface area contributed by atoms with Gasteiger partial charge in [-0.2, -0.15) is 5.11 Å². The average molecular weight is 323 g/mol. The number of hydrogen-bond acceptors (Lipinski definition) is 5. The molecule has 5 heteroatoms. The van der Waals surface area contributed by atoms with Gasteiger partial charge >= 0.3 is 0 Å². The Hall–Kier alpha value is -2.53. The lowest BCUT2D eigenvalue weighted by Crippen LogP contribution is -1.88. The average Bonchev–Trinajstić information content (AvgIpc) is 2.95. The van der Waals surface area contributed by atoms with Crippen molar-refractivity contribution in [3.05, 3.63) is 65.0 Å². The van der Waals surface area contributed by atoms with Gasteiger partial charge in [-0.1, -0.05) is 59.9 Å². The lowest BCUT2D eigenvalue weighted by Gasteiger charge is -2.06. The zero-order valence-corrected chi connectivity index (χ0v) is 13.8. The first-order valence-corrected chi connectivity index (χ1v) is 8.18. The van der Waals surface area contributed by atoms with E-state index in [2.05, 4.69) is 15.2 Å². The van der Waals surface area contributed by atoms with E-state index in [1.165, 1.54) is 11.3 Å². The molecule has 0 saturated carbocycles. The Balaban J connectivity index is 1.83. The third-order valence-electron chi connectivity index (χ3n) is 3.54. The van der Waals surface area contributed by atoms with Gasteiger partial charge in [-0.25, -0.2) is 4.98 Å². The van der Waals surface area contributed by atoms with Crippen molar-refractivity contribution in [3.63, 3.8) is 0 Å². The zero-order chi connectivity index (χ0) is 16.2. The smallest absolute Gasteiger partial charge is 0.230 e. The van der Waals surface area contributed by atoms with Gasteiger partial charge in [0, 0.05) is 16.0 Å². The summed E-state index contributed by atoms with van der Waals surface area (Å²) in [7, 11) is 0. The van der Waals surface area contributed by atoms with Crippen LogP contribution in [0.25, 0.3) is 11.3 Å². The molecular formula is C18H17N3OS. The lowest BCUT2D eigenvalue weighted by molar-refractivity contribution is 0.463. The molecule has 0 bridgehead atoms. The maximum absolute atomic E-state index is 9.86. The molecule has 1 heterocycles. The largest absolute Gasteiger partial charge is 0.508 e. The van der Waals surface area contributed by atoms with Crippen molar-refractivity contribution in [1.82, 2.24) is 4.98 Å². The molecule has 0 fully saturated rings. The molecule has 3 rings (SSSR count). The summed E-state index contributed by atoms with van der Waals surface area (Å²) < 4.78 is 0. The van der Waals surface area contributed by atoms with Crippen molar-refractivity contribution >= 4 is 16.5 Å². The van der Waals surface area contributed by atoms with Crippen LogP contribution < -0.4 is 0 Å². The standard InChI is InChI=1S/C18H17N3OS/c1-12(15-10-6-7-11-16(15)22)20-21-18-19-17(13(2)23-18)14-8-4-3-5-9-14/h3-12,22H,1-2H3. The molecule has 3 aromatic rings. The molecule has 1 atom stereocenters. The van der Waals surface area contributed by atoms with Crippen molar-refractivity contribution < 1.29 is 5.11 Å². The Morgan fingerprint density at radius 1 is 1.04 bits per heavy atom. The van der Waals surface area contributed by atoms with E-state index in [0.717, 1.165) is 21.7 Å². The van der Waals surface area contributed by atoms with Crippen molar-refractivity contribution in [2.45, 2.75) is 19.9 Å². The summed E-state index contributed by atoms with van der Waals surface area (Å²) >= 11 is 1.52. The van der Waals surface area contributed by atoms with Crippen molar-refractivity contribution in [3.8, 4) is 17.0 Å². The number of thiazole rings is 1. The highest BCUT2D eigenvalue weighted by atomic mass is 32.1. The summed E-state index contributed by atoms with van der Waals surface area (Å²) in [5.41, 5.74) is 2.78. The second kappa shape index (κ2) is 6.71. The summed E-state index contributed by atoms with van der Waals surface area (Å²) in [4.78, 5) is 5.68. The quantitative estimate of drug-likeness (QED) is 0.629. The number of benzene rings is 2. The number of aromatic nitrogens is 1. The number of phenolic OH excluding ortho intramolecular Hbond substituents is 1. The molecule has 0 saturated heterocycles. The number of aryl methyl sites for hydroxylation is 1. The van der Waals surface area contributed by atoms with E-state index in [9.17, 15) is 5.11 Å². The topological polar surface area (TPSA) is 57.8 Å². The molecule has 2 aromatic carbocycles. The van der Waals surface area contributed by atoms with E-state index >= 15 is 0 Å². The van der Waals surface area contributed by atoms with Crippen LogP contribution in [0.2, 0.25) is 0 Å². The third-order valence-corrected chi connectivity index (χ3v) is 4.39. The Bertz CT molecular complexity index is 827. The van der Waals surface area contributed by atoms with Crippen LogP contribution in [0, 0.1) is 6.92 Å². The third kappa shape index (κ3) is 3.46. The number of rotatable bonds is 4. The van der Waals surface area contributed by atoms with Crippen LogP contribution in [0.4, 0.5) is 5.13 Å². The van der Waals surface area contributed by atoms with Gasteiger partial charge in [-0.15, -0.1) is 5.11 Å². The minimum absolute atomic E-state index is 0.222. The summed E-state index contributed by atoms with van der Waals surface area (Å²) in [5, 5.41) is 19.0. The summed E-state index contributed by atoms with van der Waals surface area (Å²) in [6.07, 6.45) is 0. The molecule has 1 aromatic heterocycles. The summed E-state index contributed by atoms with van der Waals surface area (Å²) in [6.45, 7) is 3.93. The number of hydrogen-bond donors (Lipinski definition) is 1. The van der Waals surface area contributed by atoms with Crippen molar-refractivity contribution in [1.29, 1.82) is 0 Å². The normalized spacial score (nSPS) is 12.6. The van der Waals surface area contributed by atoms with Crippen LogP contribution in [-0.2, 0) is 0 Å². The van der Waals surface area contributed by atoms with E-state index in [-0.39, 0.29) is 11.8 Å². The molecule has 0 aliphatic rings. The first-order valence-electron chi connectivity index (χ1n) is 7.36. The minimum Gasteiger partial charge on any atom is -0.508 e. The highest BCUT2D eigenvalue weighted by Crippen LogP contribution is 2.33. The molecule has 0 radical (unpaired) electrons. The van der Waals surface area contributed by atoms with Crippen LogP contribution >= 0.6 is 11.3 Å². The Morgan fingerprint density at radius 2 is 1.74 bits per heavy atom. The van der Waals surface area contributed by atoms with Gasteiger partial charge in [-0.3, -0.25) is 0 Å². The number of phenols is 1. The Labute approximate surface area is 139 Å². The second-order valence-electron chi connectivity index (χ2n) is 5.22. The molecule has 0 aliphatic heterocycles. The molecule has 0 aliphatic carbocycles. The fourth-order valence-electron chi connectivity index (χ4n) is 2.33. The lowest BCUT2D eigenvalue weighted by atomic mass is 10.1. The summed E-state index contributed by atoms with van der Waals surface area (Å²) in [6, 6.07) is 17.0. The van der Waals surface area contributed by atoms with Gasteiger partial charge < -0.3 is 5.11 Å². The number of azo groups is 1. The highest BCUT2D eigenvalue weighted by Gasteiger charge is 2.11. The van der Waals surface area contributed by atoms with E-state index in [1.807, 2.05) is 56.3 Å². The molecule has 1 N–H and O–H groups in total. The monoisotopic (exact) mass is 323 g/mol. The van der Waals surface area contributed by atoms with Crippen molar-refractivity contribution in [2.24, 2.45) is 10.2 Å². The van der Waals surface area contributed by atoms with Gasteiger partial charge in [0.1, 0.15) is 5.75 Å². The molecular weight excluding hydrogens is 306 g/mol. The number of nitrogens with zero attached hydrogens (tertiary/aromatic N) is 3. The minimum atomic E-state index is -0.222. The summed E-state index contributed by atoms with van der Waals surface area (Å²) in [5.74, 6) is 0.235. The number of aromatic hydroxyl groups is 1. The van der Waals surface area contributed by atoms with Crippen LogP contribution in [0.1, 0.15) is 23.4 Å². The van der Waals surface area contributed by atoms with Crippen LogP contribution in [0.5, 0.6) is 5.75 Å². The van der Waals surface area contributed by atoms with Gasteiger partial charge in [-0.05, 0) is 19.9 Å². The molecule has 23 heavy (non-hydrogen) atoms. The van der Waals surface area contributed by atoms with Gasteiger partial charge in [0.15, 0.2) is 0 Å². The maximum atomic E-state index is 9.86. The van der Waals surface area contributed by atoms with E-state index in [4.69, 9.17) is 0 Å². The van der Waals surface area contributed by atoms with E-state index < -0.39 is 0 Å². The maximum Gasteiger partial charge on any atom is 0.230 e. The van der Waals surface area contributed by atoms with Crippen molar-refractivity contribution in [2.75, 3.05) is 0 Å². The second-order valence-corrected chi connectivity index (χ2v) is 6.40. The molecule has 4 nitrogen and oxygen atoms in total. The molecule has 0 amide bonds. The Morgan fingerprint density at radius 3 is 2.48 bits per heavy atom. The molecule has 0 spiro atoms. The molecule has 116 valence electrons. The van der Waals surface area contributed by atoms with E-state index in [1.54, 1.807) is 12.1 Å². The van der Waals surface area contributed by atoms with Gasteiger partial charge in [0.25, 0.3) is 0 Å². The van der Waals surface area contributed by atoms with E-state index in [0.29, 0.717) is 5.13 Å². The SMILES string of the molecule is Cc1sc(N=NC(C)c2ccccc2O)nc1-c1ccccc1. The van der Waals surface area contributed by atoms with Gasteiger partial charge in [0.05, 0.1) is 11.7 Å². The molecule has 1 unspecified atom stereocenters. The number of para-hydroxylation sites is 1. The first kappa shape index (κ1) is 15.4. The zero-order valence-electron chi connectivity index (χ0n) is 13.0. The predicted molar refractivity (Wildman–Crippen MR) is 93.3 cm³/mol. The van der Waals surface area contributed by atoms with Gasteiger partial charge in [0.2, 0.25) is 5.13 Å². The van der Waals surface area contributed by atoms with Crippen LogP contribution in [0.3, 0.4) is 0 Å². The fourth-order valence-corrected chi connectivity index (χ4v) is 3.09. The fraction of sp³-hybridized carbons (Fsp3) is 0.167. The van der Waals surface area contributed by atoms with Crippen LogP contribution in [0.15, 0.2) is 64.8 Å².